The first-order valence-corrected chi connectivity index (χ1v) is 7.78. The van der Waals surface area contributed by atoms with Crippen LogP contribution in [0.4, 0.5) is 11.4 Å². The van der Waals surface area contributed by atoms with Crippen molar-refractivity contribution >= 4 is 21.4 Å². The van der Waals surface area contributed by atoms with E-state index >= 15 is 0 Å². The van der Waals surface area contributed by atoms with Gasteiger partial charge in [0, 0.05) is 18.4 Å². The van der Waals surface area contributed by atoms with Gasteiger partial charge >= 0.3 is 0 Å². The van der Waals surface area contributed by atoms with Gasteiger partial charge in [-0.2, -0.15) is 0 Å². The molecule has 2 aromatic carbocycles. The molecule has 0 fully saturated rings. The molecular formula is C15H18N2O2S. The standard InChI is InChI=1S/C15H18N2O2S/c1-11-4-5-12(2)15(10-11)20(18,19)17-14-8-6-13(16-3)7-9-14/h4-10,16-17H,1-3H3. The predicted octanol–water partition coefficient (Wildman–Crippen LogP) is 3.15. The molecule has 0 spiro atoms. The van der Waals surface area contributed by atoms with Crippen LogP contribution in [0, 0.1) is 13.8 Å². The molecule has 2 rings (SSSR count). The number of hydrogen-bond acceptors (Lipinski definition) is 3. The SMILES string of the molecule is CNc1ccc(NS(=O)(=O)c2cc(C)ccc2C)cc1. The molecule has 4 nitrogen and oxygen atoms in total. The van der Waals surface area contributed by atoms with Crippen LogP contribution in [0.3, 0.4) is 0 Å². The Bertz CT molecular complexity index is 707. The second kappa shape index (κ2) is 5.54. The Hall–Kier alpha value is -2.01. The van der Waals surface area contributed by atoms with E-state index in [1.807, 2.05) is 38.2 Å². The highest BCUT2D eigenvalue weighted by Crippen LogP contribution is 2.21. The van der Waals surface area contributed by atoms with Gasteiger partial charge in [0.2, 0.25) is 0 Å². The Labute approximate surface area is 119 Å². The van der Waals surface area contributed by atoms with E-state index in [9.17, 15) is 8.42 Å². The molecule has 2 N–H and O–H groups in total. The maximum atomic E-state index is 12.4. The zero-order valence-corrected chi connectivity index (χ0v) is 12.6. The van der Waals surface area contributed by atoms with E-state index in [2.05, 4.69) is 10.0 Å². The van der Waals surface area contributed by atoms with Crippen LogP contribution in [-0.4, -0.2) is 15.5 Å². The monoisotopic (exact) mass is 290 g/mol. The molecule has 0 radical (unpaired) electrons. The smallest absolute Gasteiger partial charge is 0.262 e. The molecule has 0 atom stereocenters. The van der Waals surface area contributed by atoms with E-state index < -0.39 is 10.0 Å². The summed E-state index contributed by atoms with van der Waals surface area (Å²) in [7, 11) is -1.74. The number of hydrogen-bond donors (Lipinski definition) is 2. The maximum Gasteiger partial charge on any atom is 0.262 e. The van der Waals surface area contributed by atoms with Gasteiger partial charge < -0.3 is 5.32 Å². The minimum absolute atomic E-state index is 0.315. The lowest BCUT2D eigenvalue weighted by Gasteiger charge is -2.11. The van der Waals surface area contributed by atoms with E-state index in [4.69, 9.17) is 0 Å². The molecule has 0 saturated heterocycles. The summed E-state index contributed by atoms with van der Waals surface area (Å²) in [5.41, 5.74) is 3.13. The summed E-state index contributed by atoms with van der Waals surface area (Å²) in [5.74, 6) is 0. The molecule has 5 heteroatoms. The Morgan fingerprint density at radius 2 is 1.50 bits per heavy atom. The van der Waals surface area contributed by atoms with Crippen molar-refractivity contribution in [2.45, 2.75) is 18.7 Å². The van der Waals surface area contributed by atoms with Crippen molar-refractivity contribution in [3.8, 4) is 0 Å². The minimum Gasteiger partial charge on any atom is -0.388 e. The van der Waals surface area contributed by atoms with Gasteiger partial charge in [0.05, 0.1) is 4.90 Å². The van der Waals surface area contributed by atoms with Crippen LogP contribution in [0.15, 0.2) is 47.4 Å². The summed E-state index contributed by atoms with van der Waals surface area (Å²) in [6.45, 7) is 3.66. The third-order valence-corrected chi connectivity index (χ3v) is 4.58. The normalized spacial score (nSPS) is 11.2. The quantitative estimate of drug-likeness (QED) is 0.909. The number of anilines is 2. The van der Waals surface area contributed by atoms with Crippen LogP contribution in [0.25, 0.3) is 0 Å². The fourth-order valence-corrected chi connectivity index (χ4v) is 3.30. The Kier molecular flexibility index (Phi) is 3.99. The number of benzene rings is 2. The average Bonchev–Trinajstić information content (AvgIpc) is 2.42. The first kappa shape index (κ1) is 14.4. The summed E-state index contributed by atoms with van der Waals surface area (Å²) in [4.78, 5) is 0.315. The van der Waals surface area contributed by atoms with E-state index in [-0.39, 0.29) is 0 Å². The average molecular weight is 290 g/mol. The molecule has 0 bridgehead atoms. The van der Waals surface area contributed by atoms with Gasteiger partial charge in [-0.05, 0) is 55.3 Å². The topological polar surface area (TPSA) is 58.2 Å². The van der Waals surface area contributed by atoms with E-state index in [0.717, 1.165) is 16.8 Å². The Morgan fingerprint density at radius 3 is 2.10 bits per heavy atom. The first-order valence-electron chi connectivity index (χ1n) is 6.30. The zero-order valence-electron chi connectivity index (χ0n) is 11.8. The van der Waals surface area contributed by atoms with Crippen LogP contribution in [-0.2, 0) is 10.0 Å². The second-order valence-electron chi connectivity index (χ2n) is 4.70. The number of rotatable bonds is 4. The minimum atomic E-state index is -3.56. The van der Waals surface area contributed by atoms with Crippen LogP contribution in [0.2, 0.25) is 0 Å². The van der Waals surface area contributed by atoms with E-state index in [0.29, 0.717) is 10.6 Å². The lowest BCUT2D eigenvalue weighted by molar-refractivity contribution is 0.600. The van der Waals surface area contributed by atoms with Gasteiger partial charge in [-0.1, -0.05) is 12.1 Å². The third-order valence-electron chi connectivity index (χ3n) is 3.06. The number of sulfonamides is 1. The molecule has 0 aliphatic rings. The second-order valence-corrected chi connectivity index (χ2v) is 6.35. The van der Waals surface area contributed by atoms with Crippen LogP contribution < -0.4 is 10.0 Å². The molecule has 0 amide bonds. The van der Waals surface area contributed by atoms with E-state index in [1.165, 1.54) is 0 Å². The van der Waals surface area contributed by atoms with E-state index in [1.54, 1.807) is 25.1 Å². The fourth-order valence-electron chi connectivity index (χ4n) is 1.91. The number of aryl methyl sites for hydroxylation is 2. The largest absolute Gasteiger partial charge is 0.388 e. The lowest BCUT2D eigenvalue weighted by atomic mass is 10.2. The maximum absolute atomic E-state index is 12.4. The van der Waals surface area contributed by atoms with Gasteiger partial charge in [-0.25, -0.2) is 8.42 Å². The molecule has 106 valence electrons. The summed E-state index contributed by atoms with van der Waals surface area (Å²) >= 11 is 0. The Balaban J connectivity index is 2.32. The van der Waals surface area contributed by atoms with Gasteiger partial charge in [0.1, 0.15) is 0 Å². The van der Waals surface area contributed by atoms with Crippen molar-refractivity contribution in [3.63, 3.8) is 0 Å². The van der Waals surface area contributed by atoms with Gasteiger partial charge in [0.15, 0.2) is 0 Å². The summed E-state index contributed by atoms with van der Waals surface area (Å²) in [5, 5.41) is 2.99. The summed E-state index contributed by atoms with van der Waals surface area (Å²) in [6.07, 6.45) is 0. The van der Waals surface area contributed by atoms with Crippen LogP contribution in [0.5, 0.6) is 0 Å². The predicted molar refractivity (Wildman–Crippen MR) is 82.7 cm³/mol. The molecule has 0 heterocycles. The third kappa shape index (κ3) is 3.11. The molecule has 0 aliphatic heterocycles. The molecule has 2 aromatic rings. The molecule has 0 aromatic heterocycles. The zero-order chi connectivity index (χ0) is 14.8. The lowest BCUT2D eigenvalue weighted by Crippen LogP contribution is -2.14. The van der Waals surface area contributed by atoms with Crippen molar-refractivity contribution < 1.29 is 8.42 Å². The highest BCUT2D eigenvalue weighted by atomic mass is 32.2. The van der Waals surface area contributed by atoms with Crippen LogP contribution >= 0.6 is 0 Å². The van der Waals surface area contributed by atoms with Gasteiger partial charge in [0.25, 0.3) is 10.0 Å². The summed E-state index contributed by atoms with van der Waals surface area (Å²) in [6, 6.07) is 12.5. The first-order chi connectivity index (χ1) is 9.42. The van der Waals surface area contributed by atoms with Gasteiger partial charge in [-0.3, -0.25) is 4.72 Å². The highest BCUT2D eigenvalue weighted by molar-refractivity contribution is 7.92. The molecule has 0 saturated carbocycles. The van der Waals surface area contributed by atoms with Crippen molar-refractivity contribution in [2.24, 2.45) is 0 Å². The van der Waals surface area contributed by atoms with Crippen molar-refractivity contribution in [1.29, 1.82) is 0 Å². The van der Waals surface area contributed by atoms with Crippen molar-refractivity contribution in [3.05, 3.63) is 53.6 Å². The highest BCUT2D eigenvalue weighted by Gasteiger charge is 2.16. The van der Waals surface area contributed by atoms with Gasteiger partial charge in [-0.15, -0.1) is 0 Å². The number of nitrogens with one attached hydrogen (secondary N) is 2. The molecule has 20 heavy (non-hydrogen) atoms. The Morgan fingerprint density at radius 1 is 0.900 bits per heavy atom. The molecule has 0 aliphatic carbocycles. The van der Waals surface area contributed by atoms with Crippen molar-refractivity contribution in [1.82, 2.24) is 0 Å². The van der Waals surface area contributed by atoms with Crippen molar-refractivity contribution in [2.75, 3.05) is 17.1 Å². The fraction of sp³-hybridized carbons (Fsp3) is 0.200. The van der Waals surface area contributed by atoms with Crippen LogP contribution in [0.1, 0.15) is 11.1 Å². The molecule has 0 unspecified atom stereocenters. The molecular weight excluding hydrogens is 272 g/mol. The summed E-state index contributed by atoms with van der Waals surface area (Å²) < 4.78 is 27.4.